The van der Waals surface area contributed by atoms with Gasteiger partial charge in [0.05, 0.1) is 0 Å². The Kier molecular flexibility index (Phi) is 5.74. The van der Waals surface area contributed by atoms with Gasteiger partial charge >= 0.3 is 6.18 Å². The number of alkyl halides is 3. The van der Waals surface area contributed by atoms with Crippen molar-refractivity contribution in [2.45, 2.75) is 31.2 Å². The van der Waals surface area contributed by atoms with Crippen molar-refractivity contribution in [1.82, 2.24) is 0 Å². The van der Waals surface area contributed by atoms with E-state index in [9.17, 15) is 13.2 Å². The smallest absolute Gasteiger partial charge is 0.330 e. The standard InChI is InChI=1S/C7H14F3NS/c1-2-5-12-6(3-4-11)7(8,9)10/h6H,2-5,11H2,1H3. The minimum absolute atomic E-state index is 0.0220. The van der Waals surface area contributed by atoms with Crippen LogP contribution in [-0.2, 0) is 0 Å². The molecule has 12 heavy (non-hydrogen) atoms. The van der Waals surface area contributed by atoms with Gasteiger partial charge in [0.25, 0.3) is 0 Å². The SMILES string of the molecule is CCCSC(CCN)C(F)(F)F. The number of halogens is 3. The molecule has 0 aromatic carbocycles. The molecule has 2 N–H and O–H groups in total. The van der Waals surface area contributed by atoms with E-state index in [0.29, 0.717) is 5.75 Å². The summed E-state index contributed by atoms with van der Waals surface area (Å²) in [5, 5.41) is -1.28. The second-order valence-electron chi connectivity index (χ2n) is 2.48. The molecule has 0 aromatic heterocycles. The molecule has 0 amide bonds. The quantitative estimate of drug-likeness (QED) is 0.739. The summed E-state index contributed by atoms with van der Waals surface area (Å²) >= 11 is 0.948. The minimum Gasteiger partial charge on any atom is -0.330 e. The highest BCUT2D eigenvalue weighted by Gasteiger charge is 2.38. The Morgan fingerprint density at radius 2 is 2.00 bits per heavy atom. The molecule has 0 aliphatic rings. The van der Waals surface area contributed by atoms with E-state index < -0.39 is 11.4 Å². The van der Waals surface area contributed by atoms with Crippen LogP contribution in [0.3, 0.4) is 0 Å². The Bertz CT molecular complexity index is 116. The maximum absolute atomic E-state index is 12.2. The van der Waals surface area contributed by atoms with Crippen molar-refractivity contribution in [3.05, 3.63) is 0 Å². The summed E-state index contributed by atoms with van der Waals surface area (Å²) in [6, 6.07) is 0. The molecule has 1 atom stereocenters. The van der Waals surface area contributed by atoms with Crippen LogP contribution in [0.4, 0.5) is 13.2 Å². The van der Waals surface area contributed by atoms with Gasteiger partial charge in [-0.25, -0.2) is 0 Å². The number of thioether (sulfide) groups is 1. The molecule has 0 saturated heterocycles. The van der Waals surface area contributed by atoms with Crippen LogP contribution in [-0.4, -0.2) is 23.7 Å². The molecule has 0 aromatic rings. The van der Waals surface area contributed by atoms with Gasteiger partial charge in [-0.15, -0.1) is 11.8 Å². The Labute approximate surface area is 74.9 Å². The van der Waals surface area contributed by atoms with Gasteiger partial charge in [0.15, 0.2) is 0 Å². The van der Waals surface area contributed by atoms with Crippen molar-refractivity contribution in [3.8, 4) is 0 Å². The van der Waals surface area contributed by atoms with E-state index in [1.54, 1.807) is 0 Å². The van der Waals surface area contributed by atoms with Crippen molar-refractivity contribution in [2.75, 3.05) is 12.3 Å². The minimum atomic E-state index is -4.10. The largest absolute Gasteiger partial charge is 0.400 e. The van der Waals surface area contributed by atoms with E-state index in [2.05, 4.69) is 0 Å². The van der Waals surface area contributed by atoms with E-state index in [4.69, 9.17) is 5.73 Å². The maximum Gasteiger partial charge on any atom is 0.400 e. The Morgan fingerprint density at radius 1 is 1.42 bits per heavy atom. The zero-order valence-corrected chi connectivity index (χ0v) is 7.84. The van der Waals surface area contributed by atoms with Crippen LogP contribution < -0.4 is 5.73 Å². The first kappa shape index (κ1) is 12.1. The molecule has 1 nitrogen and oxygen atoms in total. The van der Waals surface area contributed by atoms with E-state index in [0.717, 1.165) is 18.2 Å². The summed E-state index contributed by atoms with van der Waals surface area (Å²) in [6.07, 6.45) is -3.31. The zero-order valence-electron chi connectivity index (χ0n) is 7.03. The van der Waals surface area contributed by atoms with E-state index >= 15 is 0 Å². The lowest BCUT2D eigenvalue weighted by molar-refractivity contribution is -0.129. The summed E-state index contributed by atoms with van der Waals surface area (Å²) in [4.78, 5) is 0. The third-order valence-electron chi connectivity index (χ3n) is 1.32. The average Bonchev–Trinajstić information content (AvgIpc) is 1.95. The van der Waals surface area contributed by atoms with Gasteiger partial charge in [0.1, 0.15) is 5.25 Å². The molecule has 1 unspecified atom stereocenters. The van der Waals surface area contributed by atoms with E-state index in [1.807, 2.05) is 6.92 Å². The predicted molar refractivity (Wildman–Crippen MR) is 46.3 cm³/mol. The molecule has 74 valence electrons. The number of hydrogen-bond acceptors (Lipinski definition) is 2. The third kappa shape index (κ3) is 4.87. The van der Waals surface area contributed by atoms with Gasteiger partial charge in [0, 0.05) is 0 Å². The Balaban J connectivity index is 3.86. The molecule has 0 rings (SSSR count). The second kappa shape index (κ2) is 5.70. The normalized spacial score (nSPS) is 14.8. The van der Waals surface area contributed by atoms with Crippen LogP contribution in [0.1, 0.15) is 19.8 Å². The number of rotatable bonds is 5. The van der Waals surface area contributed by atoms with Crippen LogP contribution in [0.5, 0.6) is 0 Å². The highest BCUT2D eigenvalue weighted by molar-refractivity contribution is 7.99. The molecule has 5 heteroatoms. The fraction of sp³-hybridized carbons (Fsp3) is 1.00. The number of hydrogen-bond donors (Lipinski definition) is 1. The lowest BCUT2D eigenvalue weighted by Gasteiger charge is -2.18. The topological polar surface area (TPSA) is 26.0 Å². The van der Waals surface area contributed by atoms with Gasteiger partial charge in [-0.1, -0.05) is 6.92 Å². The summed E-state index contributed by atoms with van der Waals surface area (Å²) in [5.74, 6) is 0.546. The van der Waals surface area contributed by atoms with Crippen molar-refractivity contribution in [2.24, 2.45) is 5.73 Å². The average molecular weight is 201 g/mol. The van der Waals surface area contributed by atoms with Gasteiger partial charge in [0.2, 0.25) is 0 Å². The Morgan fingerprint density at radius 3 is 2.33 bits per heavy atom. The van der Waals surface area contributed by atoms with Crippen molar-refractivity contribution < 1.29 is 13.2 Å². The van der Waals surface area contributed by atoms with Crippen molar-refractivity contribution in [3.63, 3.8) is 0 Å². The molecular formula is C7H14F3NS. The molecular weight excluding hydrogens is 187 g/mol. The van der Waals surface area contributed by atoms with Crippen molar-refractivity contribution >= 4 is 11.8 Å². The highest BCUT2D eigenvalue weighted by atomic mass is 32.2. The molecule has 0 aliphatic heterocycles. The van der Waals surface area contributed by atoms with Crippen LogP contribution in [0.2, 0.25) is 0 Å². The van der Waals surface area contributed by atoms with Crippen LogP contribution >= 0.6 is 11.8 Å². The van der Waals surface area contributed by atoms with Gasteiger partial charge < -0.3 is 5.73 Å². The van der Waals surface area contributed by atoms with Gasteiger partial charge in [-0.3, -0.25) is 0 Å². The lowest BCUT2D eigenvalue weighted by atomic mass is 10.3. The molecule has 0 aliphatic carbocycles. The molecule has 0 bridgehead atoms. The summed E-state index contributed by atoms with van der Waals surface area (Å²) < 4.78 is 36.5. The molecule has 0 spiro atoms. The maximum atomic E-state index is 12.2. The van der Waals surface area contributed by atoms with Crippen LogP contribution in [0.25, 0.3) is 0 Å². The molecule has 0 saturated carbocycles. The first-order valence-electron chi connectivity index (χ1n) is 3.90. The summed E-state index contributed by atoms with van der Waals surface area (Å²) in [5.41, 5.74) is 5.08. The number of nitrogens with two attached hydrogens (primary N) is 1. The van der Waals surface area contributed by atoms with Gasteiger partial charge in [-0.2, -0.15) is 13.2 Å². The molecule has 0 radical (unpaired) electrons. The van der Waals surface area contributed by atoms with E-state index in [-0.39, 0.29) is 13.0 Å². The van der Waals surface area contributed by atoms with E-state index in [1.165, 1.54) is 0 Å². The van der Waals surface area contributed by atoms with Crippen LogP contribution in [0, 0.1) is 0 Å². The first-order valence-corrected chi connectivity index (χ1v) is 4.95. The zero-order chi connectivity index (χ0) is 9.61. The Hall–Kier alpha value is 0.100. The first-order chi connectivity index (χ1) is 5.52. The van der Waals surface area contributed by atoms with Crippen molar-refractivity contribution in [1.29, 1.82) is 0 Å². The molecule has 0 fully saturated rings. The molecule has 0 heterocycles. The summed E-state index contributed by atoms with van der Waals surface area (Å²) in [7, 11) is 0. The predicted octanol–water partition coefficient (Wildman–Crippen LogP) is 2.41. The summed E-state index contributed by atoms with van der Waals surface area (Å²) in [6.45, 7) is 1.96. The fourth-order valence-corrected chi connectivity index (χ4v) is 1.76. The lowest BCUT2D eigenvalue weighted by Crippen LogP contribution is -2.28. The fourth-order valence-electron chi connectivity index (χ4n) is 0.753. The van der Waals surface area contributed by atoms with Gasteiger partial charge in [-0.05, 0) is 25.1 Å². The third-order valence-corrected chi connectivity index (χ3v) is 2.87. The highest BCUT2D eigenvalue weighted by Crippen LogP contribution is 2.32. The monoisotopic (exact) mass is 201 g/mol. The van der Waals surface area contributed by atoms with Crippen LogP contribution in [0.15, 0.2) is 0 Å². The second-order valence-corrected chi connectivity index (χ2v) is 3.79.